The van der Waals surface area contributed by atoms with E-state index in [4.69, 9.17) is 4.74 Å². The Kier molecular flexibility index (Phi) is 6.92. The maximum Gasteiger partial charge on any atom is 0.410 e. The number of likely N-dealkylation sites (tertiary alicyclic amines) is 1. The van der Waals surface area contributed by atoms with Gasteiger partial charge in [-0.2, -0.15) is 0 Å². The van der Waals surface area contributed by atoms with Crippen molar-refractivity contribution in [2.75, 3.05) is 6.54 Å². The molecule has 1 aliphatic heterocycles. The first-order valence-electron chi connectivity index (χ1n) is 9.46. The highest BCUT2D eigenvalue weighted by molar-refractivity contribution is 7.10. The molecule has 4 nitrogen and oxygen atoms in total. The fourth-order valence-electron chi connectivity index (χ4n) is 3.50. The molecule has 1 fully saturated rings. The SMILES string of the molecule is CC(CC1CCCN1C(=O)OC(C)(C)C)NC(c1cccs1)C(C)C. The van der Waals surface area contributed by atoms with Gasteiger partial charge in [0.2, 0.25) is 0 Å². The van der Waals surface area contributed by atoms with Crippen LogP contribution in [0.3, 0.4) is 0 Å². The summed E-state index contributed by atoms with van der Waals surface area (Å²) in [6.07, 6.45) is 2.93. The van der Waals surface area contributed by atoms with Crippen molar-refractivity contribution in [2.24, 2.45) is 5.92 Å². The average molecular weight is 367 g/mol. The van der Waals surface area contributed by atoms with E-state index in [2.05, 4.69) is 43.6 Å². The predicted octanol–water partition coefficient (Wildman–Crippen LogP) is 5.21. The molecular formula is C20H34N2O2S. The van der Waals surface area contributed by atoms with Gasteiger partial charge in [-0.3, -0.25) is 0 Å². The van der Waals surface area contributed by atoms with Crippen molar-refractivity contribution in [3.05, 3.63) is 22.4 Å². The Morgan fingerprint density at radius 2 is 2.12 bits per heavy atom. The molecule has 1 amide bonds. The number of hydrogen-bond acceptors (Lipinski definition) is 4. The van der Waals surface area contributed by atoms with Crippen LogP contribution in [0.15, 0.2) is 17.5 Å². The number of nitrogens with zero attached hydrogens (tertiary/aromatic N) is 1. The third kappa shape index (κ3) is 6.00. The highest BCUT2D eigenvalue weighted by atomic mass is 32.1. The smallest absolute Gasteiger partial charge is 0.410 e. The molecular weight excluding hydrogens is 332 g/mol. The van der Waals surface area contributed by atoms with Crippen LogP contribution in [-0.4, -0.2) is 35.2 Å². The second-order valence-corrected chi connectivity index (χ2v) is 9.49. The van der Waals surface area contributed by atoms with Gasteiger partial charge in [0.25, 0.3) is 0 Å². The fraction of sp³-hybridized carbons (Fsp3) is 0.750. The van der Waals surface area contributed by atoms with Gasteiger partial charge in [0.05, 0.1) is 0 Å². The first-order valence-corrected chi connectivity index (χ1v) is 10.3. The quantitative estimate of drug-likeness (QED) is 0.751. The Bertz CT molecular complexity index is 536. The van der Waals surface area contributed by atoms with Gasteiger partial charge in [-0.15, -0.1) is 11.3 Å². The Morgan fingerprint density at radius 1 is 1.40 bits per heavy atom. The summed E-state index contributed by atoms with van der Waals surface area (Å²) in [6, 6.07) is 5.31. The maximum absolute atomic E-state index is 12.5. The third-order valence-electron chi connectivity index (χ3n) is 4.61. The highest BCUT2D eigenvalue weighted by Gasteiger charge is 2.33. The minimum Gasteiger partial charge on any atom is -0.444 e. The van der Waals surface area contributed by atoms with E-state index >= 15 is 0 Å². The monoisotopic (exact) mass is 366 g/mol. The standard InChI is InChI=1S/C20H34N2O2S/c1-14(2)18(17-10-8-12-25-17)21-15(3)13-16-9-7-11-22(16)19(23)24-20(4,5)6/h8,10,12,14-16,18,21H,7,9,11,13H2,1-6H3. The van der Waals surface area contributed by atoms with Gasteiger partial charge in [0.15, 0.2) is 0 Å². The van der Waals surface area contributed by atoms with Crippen molar-refractivity contribution < 1.29 is 9.53 Å². The zero-order valence-corrected chi connectivity index (χ0v) is 17.4. The lowest BCUT2D eigenvalue weighted by Crippen LogP contribution is -2.43. The number of hydrogen-bond donors (Lipinski definition) is 1. The Balaban J connectivity index is 1.94. The number of amides is 1. The molecule has 0 bridgehead atoms. The topological polar surface area (TPSA) is 41.6 Å². The average Bonchev–Trinajstić information content (AvgIpc) is 3.13. The molecule has 1 aromatic rings. The number of thiophene rings is 1. The van der Waals surface area contributed by atoms with Crippen molar-refractivity contribution in [1.29, 1.82) is 0 Å². The first kappa shape index (κ1) is 20.2. The summed E-state index contributed by atoms with van der Waals surface area (Å²) < 4.78 is 5.58. The third-order valence-corrected chi connectivity index (χ3v) is 5.57. The van der Waals surface area contributed by atoms with Crippen molar-refractivity contribution in [3.63, 3.8) is 0 Å². The van der Waals surface area contributed by atoms with Crippen LogP contribution in [0.4, 0.5) is 4.79 Å². The van der Waals surface area contributed by atoms with E-state index in [9.17, 15) is 4.79 Å². The Hall–Kier alpha value is -1.07. The molecule has 2 rings (SSSR count). The molecule has 5 heteroatoms. The van der Waals surface area contributed by atoms with Crippen LogP contribution in [0.1, 0.15) is 71.7 Å². The number of ether oxygens (including phenoxy) is 1. The van der Waals surface area contributed by atoms with Gasteiger partial charge in [0, 0.05) is 29.5 Å². The molecule has 0 spiro atoms. The van der Waals surface area contributed by atoms with E-state index in [1.54, 1.807) is 0 Å². The molecule has 0 aliphatic carbocycles. The van der Waals surface area contributed by atoms with E-state index in [1.807, 2.05) is 37.0 Å². The van der Waals surface area contributed by atoms with Crippen molar-refractivity contribution in [2.45, 2.75) is 84.5 Å². The maximum atomic E-state index is 12.5. The number of nitrogens with one attached hydrogen (secondary N) is 1. The Labute approximate surface area is 156 Å². The summed E-state index contributed by atoms with van der Waals surface area (Å²) in [5, 5.41) is 5.92. The fourth-order valence-corrected chi connectivity index (χ4v) is 4.45. The lowest BCUT2D eigenvalue weighted by Gasteiger charge is -2.32. The summed E-state index contributed by atoms with van der Waals surface area (Å²) >= 11 is 1.81. The second kappa shape index (κ2) is 8.54. The normalized spacial score (nSPS) is 20.8. The molecule has 25 heavy (non-hydrogen) atoms. The van der Waals surface area contributed by atoms with Crippen LogP contribution in [0.5, 0.6) is 0 Å². The second-order valence-electron chi connectivity index (χ2n) is 8.51. The van der Waals surface area contributed by atoms with E-state index in [0.717, 1.165) is 25.8 Å². The van der Waals surface area contributed by atoms with Gasteiger partial charge in [-0.1, -0.05) is 19.9 Å². The first-order chi connectivity index (χ1) is 11.7. The van der Waals surface area contributed by atoms with Crippen molar-refractivity contribution in [1.82, 2.24) is 10.2 Å². The van der Waals surface area contributed by atoms with Gasteiger partial charge < -0.3 is 15.0 Å². The molecule has 0 radical (unpaired) electrons. The molecule has 2 heterocycles. The molecule has 1 saturated heterocycles. The van der Waals surface area contributed by atoms with Crippen molar-refractivity contribution in [3.8, 4) is 0 Å². The molecule has 1 N–H and O–H groups in total. The minimum absolute atomic E-state index is 0.166. The van der Waals surface area contributed by atoms with Gasteiger partial charge in [0.1, 0.15) is 5.60 Å². The number of rotatable bonds is 6. The van der Waals surface area contributed by atoms with Crippen LogP contribution >= 0.6 is 11.3 Å². The summed E-state index contributed by atoms with van der Waals surface area (Å²) in [5.41, 5.74) is -0.435. The van der Waals surface area contributed by atoms with Crippen molar-refractivity contribution >= 4 is 17.4 Å². The van der Waals surface area contributed by atoms with E-state index < -0.39 is 5.60 Å². The highest BCUT2D eigenvalue weighted by Crippen LogP contribution is 2.28. The van der Waals surface area contributed by atoms with Crippen LogP contribution in [-0.2, 0) is 4.74 Å². The molecule has 1 aromatic heterocycles. The summed E-state index contributed by atoms with van der Waals surface area (Å²) in [7, 11) is 0. The zero-order valence-electron chi connectivity index (χ0n) is 16.5. The molecule has 3 unspecified atom stereocenters. The lowest BCUT2D eigenvalue weighted by molar-refractivity contribution is 0.0213. The molecule has 0 aromatic carbocycles. The van der Waals surface area contributed by atoms with Gasteiger partial charge >= 0.3 is 6.09 Å². The predicted molar refractivity (Wildman–Crippen MR) is 105 cm³/mol. The van der Waals surface area contributed by atoms with Crippen LogP contribution < -0.4 is 5.32 Å². The van der Waals surface area contributed by atoms with Crippen LogP contribution in [0.2, 0.25) is 0 Å². The van der Waals surface area contributed by atoms with E-state index in [1.165, 1.54) is 4.88 Å². The minimum atomic E-state index is -0.435. The van der Waals surface area contributed by atoms with E-state index in [-0.39, 0.29) is 12.1 Å². The van der Waals surface area contributed by atoms with Gasteiger partial charge in [-0.05, 0) is 64.3 Å². The molecule has 0 saturated carbocycles. The molecule has 3 atom stereocenters. The number of carbonyl (C=O) groups is 1. The number of carbonyl (C=O) groups excluding carboxylic acids is 1. The molecule has 1 aliphatic rings. The zero-order chi connectivity index (χ0) is 18.6. The van der Waals surface area contributed by atoms with Crippen LogP contribution in [0.25, 0.3) is 0 Å². The summed E-state index contributed by atoms with van der Waals surface area (Å²) in [4.78, 5) is 15.8. The molecule has 142 valence electrons. The van der Waals surface area contributed by atoms with Crippen LogP contribution in [0, 0.1) is 5.92 Å². The Morgan fingerprint density at radius 3 is 2.68 bits per heavy atom. The summed E-state index contributed by atoms with van der Waals surface area (Å²) in [6.45, 7) is 13.3. The van der Waals surface area contributed by atoms with Gasteiger partial charge in [-0.25, -0.2) is 4.79 Å². The summed E-state index contributed by atoms with van der Waals surface area (Å²) in [5.74, 6) is 0.534. The van der Waals surface area contributed by atoms with E-state index in [0.29, 0.717) is 18.0 Å². The largest absolute Gasteiger partial charge is 0.444 e. The lowest BCUT2D eigenvalue weighted by atomic mass is 9.99.